The molecule has 0 spiro atoms. The molecule has 1 aromatic carbocycles. The summed E-state index contributed by atoms with van der Waals surface area (Å²) in [6.07, 6.45) is -0.378. The van der Waals surface area contributed by atoms with Crippen molar-refractivity contribution in [2.24, 2.45) is 0 Å². The van der Waals surface area contributed by atoms with Crippen LogP contribution in [-0.2, 0) is 9.47 Å². The number of likely N-dealkylation sites (N-methyl/N-ethyl adjacent to an activating group) is 1. The Morgan fingerprint density at radius 1 is 0.947 bits per heavy atom. The molecule has 0 aliphatic heterocycles. The van der Waals surface area contributed by atoms with Gasteiger partial charge in [0.05, 0.1) is 20.3 Å². The lowest BCUT2D eigenvalue weighted by Crippen LogP contribution is -2.34. The van der Waals surface area contributed by atoms with E-state index in [0.29, 0.717) is 0 Å². The van der Waals surface area contributed by atoms with Gasteiger partial charge in [-0.1, -0.05) is 6.92 Å². The largest absolute Gasteiger partial charge is 0.497 e. The predicted molar refractivity (Wildman–Crippen MR) is 73.8 cm³/mol. The van der Waals surface area contributed by atoms with Crippen LogP contribution in [0.5, 0.6) is 11.5 Å². The molecular formula is C14H23NO4. The van der Waals surface area contributed by atoms with Gasteiger partial charge in [0, 0.05) is 20.3 Å². The second-order valence-corrected chi connectivity index (χ2v) is 4.02. The highest BCUT2D eigenvalue weighted by Crippen LogP contribution is 2.28. The number of methoxy groups -OCH3 is 4. The summed E-state index contributed by atoms with van der Waals surface area (Å²) in [6, 6.07) is 5.63. The minimum Gasteiger partial charge on any atom is -0.497 e. The first-order valence-corrected chi connectivity index (χ1v) is 6.22. The maximum Gasteiger partial charge on any atom is 0.176 e. The van der Waals surface area contributed by atoms with Crippen molar-refractivity contribution in [2.45, 2.75) is 19.3 Å². The van der Waals surface area contributed by atoms with Crippen LogP contribution >= 0.6 is 0 Å². The van der Waals surface area contributed by atoms with Gasteiger partial charge in [-0.15, -0.1) is 0 Å². The Morgan fingerprint density at radius 3 is 1.84 bits per heavy atom. The van der Waals surface area contributed by atoms with Crippen LogP contribution in [0.1, 0.15) is 18.5 Å². The molecule has 19 heavy (non-hydrogen) atoms. The molecule has 0 aliphatic carbocycles. The summed E-state index contributed by atoms with van der Waals surface area (Å²) >= 11 is 0. The molecule has 0 bridgehead atoms. The average molecular weight is 269 g/mol. The summed E-state index contributed by atoms with van der Waals surface area (Å²) in [5.74, 6) is 1.48. The van der Waals surface area contributed by atoms with Gasteiger partial charge in [0.2, 0.25) is 0 Å². The molecule has 1 rings (SSSR count). The Morgan fingerprint density at radius 2 is 1.47 bits per heavy atom. The zero-order chi connectivity index (χ0) is 14.3. The molecule has 0 saturated carbocycles. The third kappa shape index (κ3) is 4.09. The topological polar surface area (TPSA) is 49.0 Å². The van der Waals surface area contributed by atoms with Crippen LogP contribution in [0.4, 0.5) is 0 Å². The fourth-order valence-electron chi connectivity index (χ4n) is 1.97. The minimum absolute atomic E-state index is 0.0935. The first-order chi connectivity index (χ1) is 9.19. The van der Waals surface area contributed by atoms with E-state index in [2.05, 4.69) is 5.32 Å². The standard InChI is InChI=1S/C14H23NO4/c1-6-15-13(14(18-4)19-5)10-7-11(16-2)9-12(8-10)17-3/h7-9,13-15H,6H2,1-5H3. The maximum atomic E-state index is 5.35. The van der Waals surface area contributed by atoms with E-state index >= 15 is 0 Å². The van der Waals surface area contributed by atoms with Crippen LogP contribution in [0.15, 0.2) is 18.2 Å². The van der Waals surface area contributed by atoms with Gasteiger partial charge in [0.1, 0.15) is 11.5 Å². The van der Waals surface area contributed by atoms with Gasteiger partial charge in [-0.3, -0.25) is 0 Å². The fraction of sp³-hybridized carbons (Fsp3) is 0.571. The smallest absolute Gasteiger partial charge is 0.176 e. The van der Waals surface area contributed by atoms with E-state index < -0.39 is 0 Å². The van der Waals surface area contributed by atoms with E-state index in [1.165, 1.54) is 0 Å². The van der Waals surface area contributed by atoms with Gasteiger partial charge in [0.15, 0.2) is 6.29 Å². The molecule has 0 fully saturated rings. The summed E-state index contributed by atoms with van der Waals surface area (Å²) in [5.41, 5.74) is 0.992. The predicted octanol–water partition coefficient (Wildman–Crippen LogP) is 1.97. The Balaban J connectivity index is 3.12. The summed E-state index contributed by atoms with van der Waals surface area (Å²) < 4.78 is 21.3. The van der Waals surface area contributed by atoms with Crippen molar-refractivity contribution in [1.29, 1.82) is 0 Å². The van der Waals surface area contributed by atoms with Gasteiger partial charge < -0.3 is 24.3 Å². The van der Waals surface area contributed by atoms with E-state index in [0.717, 1.165) is 23.6 Å². The monoisotopic (exact) mass is 269 g/mol. The van der Waals surface area contributed by atoms with E-state index in [1.807, 2.05) is 25.1 Å². The third-order valence-electron chi connectivity index (χ3n) is 2.89. The quantitative estimate of drug-likeness (QED) is 0.731. The molecule has 0 heterocycles. The van der Waals surface area contributed by atoms with Crippen LogP contribution in [0.25, 0.3) is 0 Å². The Labute approximate surface area is 114 Å². The van der Waals surface area contributed by atoms with E-state index in [-0.39, 0.29) is 12.3 Å². The Kier molecular flexibility index (Phi) is 6.62. The summed E-state index contributed by atoms with van der Waals surface area (Å²) in [5, 5.41) is 3.34. The maximum absolute atomic E-state index is 5.35. The minimum atomic E-state index is -0.378. The van der Waals surface area contributed by atoms with Crippen molar-refractivity contribution in [3.05, 3.63) is 23.8 Å². The second-order valence-electron chi connectivity index (χ2n) is 4.02. The average Bonchev–Trinajstić information content (AvgIpc) is 2.46. The van der Waals surface area contributed by atoms with Crippen molar-refractivity contribution in [3.63, 3.8) is 0 Å². The SMILES string of the molecule is CCNC(c1cc(OC)cc(OC)c1)C(OC)OC. The zero-order valence-corrected chi connectivity index (χ0v) is 12.2. The Bertz CT molecular complexity index is 357. The van der Waals surface area contributed by atoms with Crippen molar-refractivity contribution >= 4 is 0 Å². The molecule has 0 radical (unpaired) electrons. The number of nitrogens with one attached hydrogen (secondary N) is 1. The van der Waals surface area contributed by atoms with E-state index in [9.17, 15) is 0 Å². The second kappa shape index (κ2) is 7.99. The van der Waals surface area contributed by atoms with Gasteiger partial charge in [-0.25, -0.2) is 0 Å². The molecule has 5 heteroatoms. The molecule has 0 saturated heterocycles. The molecule has 108 valence electrons. The number of ether oxygens (including phenoxy) is 4. The molecule has 1 atom stereocenters. The van der Waals surface area contributed by atoms with Crippen molar-refractivity contribution in [1.82, 2.24) is 5.32 Å². The lowest BCUT2D eigenvalue weighted by Gasteiger charge is -2.26. The molecule has 0 aromatic heterocycles. The molecule has 1 N–H and O–H groups in total. The first-order valence-electron chi connectivity index (χ1n) is 6.22. The molecule has 0 amide bonds. The van der Waals surface area contributed by atoms with E-state index in [1.54, 1.807) is 28.4 Å². The van der Waals surface area contributed by atoms with Crippen LogP contribution in [0, 0.1) is 0 Å². The van der Waals surface area contributed by atoms with Crippen LogP contribution in [0.3, 0.4) is 0 Å². The van der Waals surface area contributed by atoms with Crippen molar-refractivity contribution in [2.75, 3.05) is 35.0 Å². The molecule has 0 aliphatic rings. The molecule has 1 aromatic rings. The van der Waals surface area contributed by atoms with Crippen LogP contribution in [-0.4, -0.2) is 41.3 Å². The van der Waals surface area contributed by atoms with Gasteiger partial charge in [-0.05, 0) is 24.2 Å². The number of rotatable bonds is 8. The molecule has 5 nitrogen and oxygen atoms in total. The lowest BCUT2D eigenvalue weighted by molar-refractivity contribution is -0.124. The molecular weight excluding hydrogens is 246 g/mol. The molecule has 1 unspecified atom stereocenters. The number of hydrogen-bond acceptors (Lipinski definition) is 5. The summed E-state index contributed by atoms with van der Waals surface area (Å²) in [4.78, 5) is 0. The Hall–Kier alpha value is -1.30. The number of hydrogen-bond donors (Lipinski definition) is 1. The van der Waals surface area contributed by atoms with Gasteiger partial charge in [-0.2, -0.15) is 0 Å². The van der Waals surface area contributed by atoms with Crippen molar-refractivity contribution < 1.29 is 18.9 Å². The normalized spacial score (nSPS) is 12.5. The summed E-state index contributed by atoms with van der Waals surface area (Å²) in [6.45, 7) is 2.83. The van der Waals surface area contributed by atoms with Gasteiger partial charge in [0.25, 0.3) is 0 Å². The fourth-order valence-corrected chi connectivity index (χ4v) is 1.97. The van der Waals surface area contributed by atoms with E-state index in [4.69, 9.17) is 18.9 Å². The highest BCUT2D eigenvalue weighted by Gasteiger charge is 2.23. The lowest BCUT2D eigenvalue weighted by atomic mass is 10.1. The first kappa shape index (κ1) is 15.8. The third-order valence-corrected chi connectivity index (χ3v) is 2.89. The van der Waals surface area contributed by atoms with Gasteiger partial charge >= 0.3 is 0 Å². The number of benzene rings is 1. The van der Waals surface area contributed by atoms with Crippen molar-refractivity contribution in [3.8, 4) is 11.5 Å². The zero-order valence-electron chi connectivity index (χ0n) is 12.2. The highest BCUT2D eigenvalue weighted by molar-refractivity contribution is 5.40. The highest BCUT2D eigenvalue weighted by atomic mass is 16.7. The van der Waals surface area contributed by atoms with Crippen LogP contribution in [0.2, 0.25) is 0 Å². The summed E-state index contributed by atoms with van der Waals surface area (Å²) in [7, 11) is 6.50. The van der Waals surface area contributed by atoms with Crippen LogP contribution < -0.4 is 14.8 Å².